The van der Waals surface area contributed by atoms with Gasteiger partial charge in [-0.25, -0.2) is 4.79 Å². The molecule has 0 radical (unpaired) electrons. The van der Waals surface area contributed by atoms with Crippen LogP contribution in [0.3, 0.4) is 0 Å². The van der Waals surface area contributed by atoms with E-state index in [9.17, 15) is 22.8 Å². The fourth-order valence-electron chi connectivity index (χ4n) is 2.41. The van der Waals surface area contributed by atoms with Gasteiger partial charge in [-0.2, -0.15) is 13.2 Å². The lowest BCUT2D eigenvalue weighted by molar-refractivity contribution is -0.0886. The highest BCUT2D eigenvalue weighted by atomic mass is 19.4. The first kappa shape index (κ1) is 16.8. The second-order valence-corrected chi connectivity index (χ2v) is 5.45. The van der Waals surface area contributed by atoms with E-state index < -0.39 is 23.1 Å². The van der Waals surface area contributed by atoms with Gasteiger partial charge in [0.2, 0.25) is 0 Å². The molecule has 7 heteroatoms. The molecule has 1 heterocycles. The summed E-state index contributed by atoms with van der Waals surface area (Å²) in [5.74, 6) is -2.25. The van der Waals surface area contributed by atoms with Crippen LogP contribution in [0, 0.1) is 6.92 Å². The van der Waals surface area contributed by atoms with Crippen LogP contribution in [0.4, 0.5) is 24.5 Å². The molecule has 128 valence electrons. The SMILES string of the molecule is Cc1ccc(Nc2c(C(=O)C(F)(F)F)c(=O)oc3ccccc23)cc1. The van der Waals surface area contributed by atoms with Gasteiger partial charge in [0.1, 0.15) is 11.1 Å². The van der Waals surface area contributed by atoms with Crippen molar-refractivity contribution in [2.24, 2.45) is 0 Å². The van der Waals surface area contributed by atoms with Gasteiger partial charge < -0.3 is 9.73 Å². The van der Waals surface area contributed by atoms with Crippen molar-refractivity contribution in [2.45, 2.75) is 13.1 Å². The van der Waals surface area contributed by atoms with Gasteiger partial charge in [-0.3, -0.25) is 4.79 Å². The highest BCUT2D eigenvalue weighted by Crippen LogP contribution is 2.32. The molecular weight excluding hydrogens is 335 g/mol. The van der Waals surface area contributed by atoms with Crippen molar-refractivity contribution >= 4 is 28.1 Å². The standard InChI is InChI=1S/C18H12F3NO3/c1-10-6-8-11(9-7-10)22-15-12-4-2-3-5-13(12)25-17(24)14(15)16(23)18(19,20)21/h2-9,22H,1H3. The van der Waals surface area contributed by atoms with Gasteiger partial charge in [0, 0.05) is 11.1 Å². The third-order valence-corrected chi connectivity index (χ3v) is 3.62. The first-order valence-corrected chi connectivity index (χ1v) is 7.28. The quantitative estimate of drug-likeness (QED) is 0.556. The van der Waals surface area contributed by atoms with E-state index in [2.05, 4.69) is 5.32 Å². The molecule has 0 amide bonds. The van der Waals surface area contributed by atoms with Crippen LogP contribution in [0.25, 0.3) is 11.0 Å². The van der Waals surface area contributed by atoms with Gasteiger partial charge in [0.15, 0.2) is 0 Å². The van der Waals surface area contributed by atoms with Gasteiger partial charge in [0.05, 0.1) is 5.69 Å². The second-order valence-electron chi connectivity index (χ2n) is 5.45. The Hall–Kier alpha value is -3.09. The summed E-state index contributed by atoms with van der Waals surface area (Å²) in [5, 5.41) is 2.96. The number of fused-ring (bicyclic) bond motifs is 1. The lowest BCUT2D eigenvalue weighted by atomic mass is 10.1. The fraction of sp³-hybridized carbons (Fsp3) is 0.111. The number of para-hydroxylation sites is 1. The number of ketones is 1. The molecule has 0 unspecified atom stereocenters. The number of hydrogen-bond acceptors (Lipinski definition) is 4. The van der Waals surface area contributed by atoms with Crippen molar-refractivity contribution in [3.8, 4) is 0 Å². The van der Waals surface area contributed by atoms with Gasteiger partial charge in [0.25, 0.3) is 5.78 Å². The Morgan fingerprint density at radius 2 is 1.68 bits per heavy atom. The number of hydrogen-bond donors (Lipinski definition) is 1. The summed E-state index contributed by atoms with van der Waals surface area (Å²) in [6.07, 6.45) is -5.19. The molecule has 25 heavy (non-hydrogen) atoms. The summed E-state index contributed by atoms with van der Waals surface area (Å²) in [4.78, 5) is 23.8. The fourth-order valence-corrected chi connectivity index (χ4v) is 2.41. The zero-order valence-electron chi connectivity index (χ0n) is 13.0. The lowest BCUT2D eigenvalue weighted by Gasteiger charge is -2.14. The summed E-state index contributed by atoms with van der Waals surface area (Å²) < 4.78 is 43.7. The molecule has 0 aliphatic carbocycles. The molecule has 0 bridgehead atoms. The number of nitrogens with one attached hydrogen (secondary N) is 1. The molecule has 4 nitrogen and oxygen atoms in total. The van der Waals surface area contributed by atoms with Crippen molar-refractivity contribution in [3.05, 3.63) is 70.1 Å². The normalized spacial score (nSPS) is 11.5. The predicted octanol–water partition coefficient (Wildman–Crippen LogP) is 4.59. The molecule has 0 atom stereocenters. The molecular formula is C18H12F3NO3. The molecule has 0 aliphatic heterocycles. The Bertz CT molecular complexity index is 1000. The van der Waals surface area contributed by atoms with E-state index in [4.69, 9.17) is 4.42 Å². The Labute approximate surface area is 139 Å². The summed E-state index contributed by atoms with van der Waals surface area (Å²) in [5.41, 5.74) is -1.14. The van der Waals surface area contributed by atoms with Gasteiger partial charge in [-0.1, -0.05) is 29.8 Å². The number of alkyl halides is 3. The van der Waals surface area contributed by atoms with E-state index in [0.29, 0.717) is 5.69 Å². The van der Waals surface area contributed by atoms with Crippen LogP contribution >= 0.6 is 0 Å². The van der Waals surface area contributed by atoms with Crippen LogP contribution < -0.4 is 10.9 Å². The van der Waals surface area contributed by atoms with E-state index in [1.54, 1.807) is 36.4 Å². The van der Waals surface area contributed by atoms with Crippen molar-refractivity contribution in [1.82, 2.24) is 0 Å². The van der Waals surface area contributed by atoms with E-state index >= 15 is 0 Å². The van der Waals surface area contributed by atoms with E-state index in [1.807, 2.05) is 6.92 Å². The molecule has 1 aromatic heterocycles. The zero-order chi connectivity index (χ0) is 18.2. The smallest absolute Gasteiger partial charge is 0.422 e. The highest BCUT2D eigenvalue weighted by molar-refractivity contribution is 6.10. The number of carbonyl (C=O) groups is 1. The average Bonchev–Trinajstić information content (AvgIpc) is 2.55. The van der Waals surface area contributed by atoms with Crippen molar-refractivity contribution in [1.29, 1.82) is 0 Å². The van der Waals surface area contributed by atoms with Crippen molar-refractivity contribution < 1.29 is 22.4 Å². The van der Waals surface area contributed by atoms with Crippen LogP contribution in [0.1, 0.15) is 15.9 Å². The minimum absolute atomic E-state index is 0.0841. The largest absolute Gasteiger partial charge is 0.455 e. The Balaban J connectivity index is 2.27. The third-order valence-electron chi connectivity index (χ3n) is 3.62. The molecule has 2 aromatic carbocycles. The van der Waals surface area contributed by atoms with Crippen LogP contribution in [-0.4, -0.2) is 12.0 Å². The zero-order valence-corrected chi connectivity index (χ0v) is 13.0. The molecule has 0 fully saturated rings. The van der Waals surface area contributed by atoms with E-state index in [-0.39, 0.29) is 16.7 Å². The highest BCUT2D eigenvalue weighted by Gasteiger charge is 2.43. The summed E-state index contributed by atoms with van der Waals surface area (Å²) in [6.45, 7) is 1.86. The molecule has 3 rings (SSSR count). The molecule has 0 aliphatic rings. The summed E-state index contributed by atoms with van der Waals surface area (Å²) in [7, 11) is 0. The lowest BCUT2D eigenvalue weighted by Crippen LogP contribution is -2.29. The maximum atomic E-state index is 12.9. The third kappa shape index (κ3) is 3.26. The van der Waals surface area contributed by atoms with E-state index in [1.165, 1.54) is 12.1 Å². The number of carbonyl (C=O) groups excluding carboxylic acids is 1. The second kappa shape index (κ2) is 6.08. The van der Waals surface area contributed by atoms with Crippen LogP contribution in [0.5, 0.6) is 0 Å². The van der Waals surface area contributed by atoms with Crippen molar-refractivity contribution in [2.75, 3.05) is 5.32 Å². The van der Waals surface area contributed by atoms with Crippen molar-refractivity contribution in [3.63, 3.8) is 0 Å². The summed E-state index contributed by atoms with van der Waals surface area (Å²) in [6, 6.07) is 12.8. The molecule has 3 aromatic rings. The first-order valence-electron chi connectivity index (χ1n) is 7.28. The monoisotopic (exact) mass is 347 g/mol. The Morgan fingerprint density at radius 1 is 1.04 bits per heavy atom. The Kier molecular flexibility index (Phi) is 4.08. The summed E-state index contributed by atoms with van der Waals surface area (Å²) >= 11 is 0. The maximum absolute atomic E-state index is 12.9. The molecule has 1 N–H and O–H groups in total. The predicted molar refractivity (Wildman–Crippen MR) is 87.3 cm³/mol. The number of rotatable bonds is 3. The number of benzene rings is 2. The number of halogens is 3. The maximum Gasteiger partial charge on any atom is 0.455 e. The Morgan fingerprint density at radius 3 is 2.32 bits per heavy atom. The topological polar surface area (TPSA) is 59.3 Å². The molecule has 0 spiro atoms. The van der Waals surface area contributed by atoms with Gasteiger partial charge in [-0.05, 0) is 31.2 Å². The minimum atomic E-state index is -5.19. The number of Topliss-reactive ketones (excluding diaryl/α,β-unsaturated/α-hetero) is 1. The van der Waals surface area contributed by atoms with E-state index in [0.717, 1.165) is 5.56 Å². The average molecular weight is 347 g/mol. The number of aryl methyl sites for hydroxylation is 1. The first-order chi connectivity index (χ1) is 11.8. The van der Waals surface area contributed by atoms with Crippen LogP contribution in [0.15, 0.2) is 57.7 Å². The van der Waals surface area contributed by atoms with Crippen LogP contribution in [-0.2, 0) is 0 Å². The van der Waals surface area contributed by atoms with Gasteiger partial charge >= 0.3 is 11.8 Å². The molecule has 0 saturated heterocycles. The minimum Gasteiger partial charge on any atom is -0.422 e. The number of anilines is 2. The molecule has 0 saturated carbocycles. The van der Waals surface area contributed by atoms with Gasteiger partial charge in [-0.15, -0.1) is 0 Å². The van der Waals surface area contributed by atoms with Crippen LogP contribution in [0.2, 0.25) is 0 Å².